The molecule has 0 spiro atoms. The highest BCUT2D eigenvalue weighted by Crippen LogP contribution is 2.19. The minimum Gasteiger partial charge on any atom is -0.378 e. The fraction of sp³-hybridized carbons (Fsp3) is 0.500. The van der Waals surface area contributed by atoms with Gasteiger partial charge in [0.15, 0.2) is 0 Å². The Morgan fingerprint density at radius 3 is 2.85 bits per heavy atom. The Morgan fingerprint density at radius 1 is 1.23 bits per heavy atom. The maximum Gasteiger partial charge on any atom is 0.257 e. The number of rotatable bonds is 3. The Labute approximate surface area is 152 Å². The lowest BCUT2D eigenvalue weighted by Gasteiger charge is -2.34. The van der Waals surface area contributed by atoms with Gasteiger partial charge in [0, 0.05) is 11.6 Å². The number of amides is 1. The van der Waals surface area contributed by atoms with Crippen molar-refractivity contribution in [1.82, 2.24) is 15.2 Å². The second-order valence-electron chi connectivity index (χ2n) is 7.31. The third kappa shape index (κ3) is 3.15. The number of hydrogen-bond donors (Lipinski definition) is 2. The summed E-state index contributed by atoms with van der Waals surface area (Å²) in [7, 11) is 0. The molecule has 2 atom stereocenters. The molecule has 0 unspecified atom stereocenters. The third-order valence-electron chi connectivity index (χ3n) is 5.59. The Balaban J connectivity index is 1.55. The van der Waals surface area contributed by atoms with Gasteiger partial charge in [-0.05, 0) is 44.5 Å². The summed E-state index contributed by atoms with van der Waals surface area (Å²) in [4.78, 5) is 31.0. The summed E-state index contributed by atoms with van der Waals surface area (Å²) in [6.07, 6.45) is 5.19. The van der Waals surface area contributed by atoms with Crippen LogP contribution in [0.4, 0.5) is 0 Å². The Morgan fingerprint density at radius 2 is 2.04 bits per heavy atom. The van der Waals surface area contributed by atoms with Crippen molar-refractivity contribution in [2.45, 2.75) is 38.3 Å². The minimum absolute atomic E-state index is 0.0757. The maximum atomic E-state index is 12.8. The van der Waals surface area contributed by atoms with Gasteiger partial charge < -0.3 is 15.0 Å². The molecule has 2 fully saturated rings. The molecule has 2 saturated heterocycles. The highest BCUT2D eigenvalue weighted by molar-refractivity contribution is 5.97. The van der Waals surface area contributed by atoms with E-state index in [4.69, 9.17) is 4.74 Å². The van der Waals surface area contributed by atoms with Crippen molar-refractivity contribution in [1.29, 1.82) is 0 Å². The SMILES string of the molecule is Cc1cccc2c(=O)c(C(=O)N[C@H]3COC[C@@H]3N3CCCCC3)c[nH]c12. The first-order valence-corrected chi connectivity index (χ1v) is 9.39. The van der Waals surface area contributed by atoms with E-state index in [1.54, 1.807) is 6.07 Å². The van der Waals surface area contributed by atoms with Crippen LogP contribution in [0.25, 0.3) is 10.9 Å². The lowest BCUT2D eigenvalue weighted by atomic mass is 10.0. The molecular formula is C20H25N3O3. The Bertz CT molecular complexity index is 870. The van der Waals surface area contributed by atoms with Crippen LogP contribution in [0.1, 0.15) is 35.2 Å². The third-order valence-corrected chi connectivity index (χ3v) is 5.59. The van der Waals surface area contributed by atoms with Crippen LogP contribution >= 0.6 is 0 Å². The molecule has 1 amide bonds. The number of likely N-dealkylation sites (tertiary alicyclic amines) is 1. The van der Waals surface area contributed by atoms with Crippen LogP contribution < -0.4 is 10.7 Å². The second-order valence-corrected chi connectivity index (χ2v) is 7.31. The van der Waals surface area contributed by atoms with Crippen LogP contribution in [0, 0.1) is 6.92 Å². The largest absolute Gasteiger partial charge is 0.378 e. The van der Waals surface area contributed by atoms with Crippen LogP contribution in [0.3, 0.4) is 0 Å². The average molecular weight is 355 g/mol. The van der Waals surface area contributed by atoms with Gasteiger partial charge in [-0.3, -0.25) is 14.5 Å². The van der Waals surface area contributed by atoms with Crippen molar-refractivity contribution < 1.29 is 9.53 Å². The van der Waals surface area contributed by atoms with E-state index in [2.05, 4.69) is 15.2 Å². The highest BCUT2D eigenvalue weighted by atomic mass is 16.5. The van der Waals surface area contributed by atoms with Gasteiger partial charge in [0.25, 0.3) is 5.91 Å². The minimum atomic E-state index is -0.327. The molecule has 26 heavy (non-hydrogen) atoms. The molecule has 0 saturated carbocycles. The normalized spacial score (nSPS) is 24.0. The number of carbonyl (C=O) groups is 1. The first kappa shape index (κ1) is 17.2. The molecule has 2 aliphatic rings. The Kier molecular flexibility index (Phi) is 4.78. The summed E-state index contributed by atoms with van der Waals surface area (Å²) in [6.45, 7) is 5.18. The summed E-state index contributed by atoms with van der Waals surface area (Å²) in [5.41, 5.74) is 1.70. The van der Waals surface area contributed by atoms with E-state index < -0.39 is 0 Å². The number of ether oxygens (including phenoxy) is 1. The van der Waals surface area contributed by atoms with Gasteiger partial charge in [-0.2, -0.15) is 0 Å². The van der Waals surface area contributed by atoms with E-state index >= 15 is 0 Å². The molecule has 0 radical (unpaired) electrons. The van der Waals surface area contributed by atoms with Gasteiger partial charge in [-0.15, -0.1) is 0 Å². The lowest BCUT2D eigenvalue weighted by molar-refractivity contribution is 0.0898. The van der Waals surface area contributed by atoms with E-state index in [1.807, 2.05) is 19.1 Å². The van der Waals surface area contributed by atoms with E-state index in [0.29, 0.717) is 18.6 Å². The first-order valence-electron chi connectivity index (χ1n) is 9.39. The number of H-pyrrole nitrogens is 1. The van der Waals surface area contributed by atoms with Gasteiger partial charge >= 0.3 is 0 Å². The number of nitrogens with zero attached hydrogens (tertiary/aromatic N) is 1. The molecule has 2 aliphatic heterocycles. The van der Waals surface area contributed by atoms with Crippen molar-refractivity contribution >= 4 is 16.8 Å². The lowest BCUT2D eigenvalue weighted by Crippen LogP contribution is -2.52. The zero-order chi connectivity index (χ0) is 18.1. The highest BCUT2D eigenvalue weighted by Gasteiger charge is 2.35. The molecule has 4 rings (SSSR count). The molecule has 2 aromatic rings. The summed E-state index contributed by atoms with van der Waals surface area (Å²) in [6, 6.07) is 5.66. The fourth-order valence-corrected chi connectivity index (χ4v) is 4.11. The molecule has 6 heteroatoms. The van der Waals surface area contributed by atoms with Gasteiger partial charge in [-0.1, -0.05) is 18.6 Å². The molecule has 3 heterocycles. The predicted octanol–water partition coefficient (Wildman–Crippen LogP) is 1.82. The van der Waals surface area contributed by atoms with E-state index in [-0.39, 0.29) is 29.0 Å². The van der Waals surface area contributed by atoms with Crippen LogP contribution in [0.5, 0.6) is 0 Å². The molecule has 6 nitrogen and oxygen atoms in total. The number of aromatic nitrogens is 1. The molecule has 0 aliphatic carbocycles. The van der Waals surface area contributed by atoms with Crippen molar-refractivity contribution in [2.24, 2.45) is 0 Å². The van der Waals surface area contributed by atoms with Crippen LogP contribution in [-0.4, -0.2) is 54.2 Å². The summed E-state index contributed by atoms with van der Waals surface area (Å²) in [5, 5.41) is 3.59. The van der Waals surface area contributed by atoms with Gasteiger partial charge in [0.1, 0.15) is 5.56 Å². The maximum absolute atomic E-state index is 12.8. The predicted molar refractivity (Wildman–Crippen MR) is 101 cm³/mol. The Hall–Kier alpha value is -2.18. The number of fused-ring (bicyclic) bond motifs is 1. The van der Waals surface area contributed by atoms with Crippen molar-refractivity contribution in [3.05, 3.63) is 45.7 Å². The first-order chi connectivity index (χ1) is 12.6. The number of aromatic amines is 1. The molecule has 0 bridgehead atoms. The fourth-order valence-electron chi connectivity index (χ4n) is 4.11. The van der Waals surface area contributed by atoms with Crippen molar-refractivity contribution in [3.8, 4) is 0 Å². The monoisotopic (exact) mass is 355 g/mol. The number of carbonyl (C=O) groups excluding carboxylic acids is 1. The van der Waals surface area contributed by atoms with E-state index in [9.17, 15) is 9.59 Å². The number of pyridine rings is 1. The zero-order valence-electron chi connectivity index (χ0n) is 15.1. The average Bonchev–Trinajstić information content (AvgIpc) is 3.11. The number of piperidine rings is 1. The van der Waals surface area contributed by atoms with E-state index in [1.165, 1.54) is 25.5 Å². The number of aryl methyl sites for hydroxylation is 1. The number of nitrogens with one attached hydrogen (secondary N) is 2. The van der Waals surface area contributed by atoms with E-state index in [0.717, 1.165) is 24.2 Å². The van der Waals surface area contributed by atoms with Crippen LogP contribution in [-0.2, 0) is 4.74 Å². The molecule has 1 aromatic heterocycles. The summed E-state index contributed by atoms with van der Waals surface area (Å²) >= 11 is 0. The molecular weight excluding hydrogens is 330 g/mol. The standard InChI is InChI=1S/C20H25N3O3/c1-13-6-5-7-14-18(13)21-10-15(19(14)24)20(25)22-16-11-26-12-17(16)23-8-3-2-4-9-23/h5-7,10,16-17H,2-4,8-9,11-12H2,1H3,(H,21,24)(H,22,25)/t16-,17-/m0/s1. The quantitative estimate of drug-likeness (QED) is 0.881. The second kappa shape index (κ2) is 7.21. The molecule has 138 valence electrons. The van der Waals surface area contributed by atoms with Crippen molar-refractivity contribution in [3.63, 3.8) is 0 Å². The smallest absolute Gasteiger partial charge is 0.257 e. The zero-order valence-corrected chi connectivity index (χ0v) is 15.1. The summed E-state index contributed by atoms with van der Waals surface area (Å²) < 4.78 is 5.63. The molecule has 1 aromatic carbocycles. The summed E-state index contributed by atoms with van der Waals surface area (Å²) in [5.74, 6) is -0.327. The van der Waals surface area contributed by atoms with Crippen LogP contribution in [0.2, 0.25) is 0 Å². The number of hydrogen-bond acceptors (Lipinski definition) is 4. The number of para-hydroxylation sites is 1. The van der Waals surface area contributed by atoms with Crippen molar-refractivity contribution in [2.75, 3.05) is 26.3 Å². The number of benzene rings is 1. The van der Waals surface area contributed by atoms with Crippen LogP contribution in [0.15, 0.2) is 29.2 Å². The van der Waals surface area contributed by atoms with Gasteiger partial charge in [0.2, 0.25) is 5.43 Å². The van der Waals surface area contributed by atoms with Gasteiger partial charge in [0.05, 0.1) is 30.8 Å². The molecule has 2 N–H and O–H groups in total. The van der Waals surface area contributed by atoms with Gasteiger partial charge in [-0.25, -0.2) is 0 Å². The topological polar surface area (TPSA) is 74.4 Å².